The monoisotopic (exact) mass is 572 g/mol. The van der Waals surface area contributed by atoms with Crippen molar-refractivity contribution in [2.45, 2.75) is 25.7 Å². The molecule has 0 atom stereocenters. The minimum absolute atomic E-state index is 0.0687. The van der Waals surface area contributed by atoms with Gasteiger partial charge in [0.2, 0.25) is 6.79 Å². The number of anilines is 2. The maximum Gasteiger partial charge on any atom is 0.256 e. The molecule has 0 bridgehead atoms. The van der Waals surface area contributed by atoms with Gasteiger partial charge in [0, 0.05) is 61.8 Å². The molecule has 2 saturated heterocycles. The molecule has 9 nitrogen and oxygen atoms in total. The zero-order valence-corrected chi connectivity index (χ0v) is 23.3. The largest absolute Gasteiger partial charge is 0.454 e. The molecule has 6 rings (SSSR count). The van der Waals surface area contributed by atoms with E-state index in [9.17, 15) is 18.8 Å². The normalized spacial score (nSPS) is 16.6. The highest BCUT2D eigenvalue weighted by atomic mass is 19.1. The van der Waals surface area contributed by atoms with Crippen molar-refractivity contribution < 1.29 is 28.2 Å². The van der Waals surface area contributed by atoms with Crippen LogP contribution in [0.25, 0.3) is 0 Å². The molecule has 0 radical (unpaired) electrons. The first-order valence-corrected chi connectivity index (χ1v) is 14.4. The number of amides is 3. The van der Waals surface area contributed by atoms with Gasteiger partial charge in [-0.15, -0.1) is 0 Å². The van der Waals surface area contributed by atoms with Crippen molar-refractivity contribution in [3.8, 4) is 11.5 Å². The lowest BCUT2D eigenvalue weighted by molar-refractivity contribution is 0.0723. The number of nitrogens with zero attached hydrogens (tertiary/aromatic N) is 3. The Morgan fingerprint density at radius 2 is 1.48 bits per heavy atom. The number of likely N-dealkylation sites (tertiary alicyclic amines) is 1. The number of fused-ring (bicyclic) bond motifs is 1. The Morgan fingerprint density at radius 1 is 0.690 bits per heavy atom. The average molecular weight is 573 g/mol. The quantitative estimate of drug-likeness (QED) is 0.473. The second-order valence-electron chi connectivity index (χ2n) is 10.8. The number of halogens is 1. The molecular formula is C32H33FN4O5. The molecule has 0 aromatic heterocycles. The molecule has 3 heterocycles. The average Bonchev–Trinajstić information content (AvgIpc) is 3.36. The molecule has 2 fully saturated rings. The van der Waals surface area contributed by atoms with Gasteiger partial charge in [-0.3, -0.25) is 14.4 Å². The third kappa shape index (κ3) is 5.88. The van der Waals surface area contributed by atoms with E-state index < -0.39 is 5.82 Å². The van der Waals surface area contributed by atoms with Gasteiger partial charge in [0.25, 0.3) is 17.7 Å². The highest BCUT2D eigenvalue weighted by Gasteiger charge is 2.27. The van der Waals surface area contributed by atoms with Crippen LogP contribution in [0.1, 0.15) is 56.8 Å². The van der Waals surface area contributed by atoms with E-state index in [4.69, 9.17) is 9.47 Å². The maximum atomic E-state index is 13.8. The van der Waals surface area contributed by atoms with Crippen LogP contribution in [-0.4, -0.2) is 73.6 Å². The minimum atomic E-state index is -0.441. The van der Waals surface area contributed by atoms with Gasteiger partial charge in [-0.25, -0.2) is 4.39 Å². The zero-order chi connectivity index (χ0) is 29.1. The molecule has 10 heteroatoms. The van der Waals surface area contributed by atoms with Crippen molar-refractivity contribution in [3.05, 3.63) is 83.2 Å². The number of carbonyl (C=O) groups excluding carboxylic acids is 3. The SMILES string of the molecule is O=C(Nc1ccc(N2CCCN(C(=O)c3cccc(F)c3)CC2)c(C(=O)N2CCCCC2)c1)c1ccc2c(c1)OCO2. The lowest BCUT2D eigenvalue weighted by Crippen LogP contribution is -2.38. The van der Waals surface area contributed by atoms with E-state index in [2.05, 4.69) is 10.2 Å². The van der Waals surface area contributed by atoms with Crippen molar-refractivity contribution >= 4 is 29.1 Å². The summed E-state index contributed by atoms with van der Waals surface area (Å²) in [6.07, 6.45) is 3.72. The fraction of sp³-hybridized carbons (Fsp3) is 0.344. The summed E-state index contributed by atoms with van der Waals surface area (Å²) in [4.78, 5) is 45.7. The summed E-state index contributed by atoms with van der Waals surface area (Å²) < 4.78 is 24.5. The van der Waals surface area contributed by atoms with E-state index in [0.29, 0.717) is 79.6 Å². The van der Waals surface area contributed by atoms with Crippen molar-refractivity contribution in [2.24, 2.45) is 0 Å². The number of ether oxygens (including phenoxy) is 2. The second-order valence-corrected chi connectivity index (χ2v) is 10.8. The predicted molar refractivity (Wildman–Crippen MR) is 156 cm³/mol. The first-order chi connectivity index (χ1) is 20.5. The Bertz CT molecular complexity index is 1510. The van der Waals surface area contributed by atoms with Crippen LogP contribution in [0.15, 0.2) is 60.7 Å². The number of hydrogen-bond donors (Lipinski definition) is 1. The number of rotatable bonds is 5. The summed E-state index contributed by atoms with van der Waals surface area (Å²) in [5.41, 5.74) is 2.55. The van der Waals surface area contributed by atoms with Crippen molar-refractivity contribution in [3.63, 3.8) is 0 Å². The smallest absolute Gasteiger partial charge is 0.256 e. The van der Waals surface area contributed by atoms with E-state index >= 15 is 0 Å². The number of hydrogen-bond acceptors (Lipinski definition) is 6. The van der Waals surface area contributed by atoms with Crippen LogP contribution >= 0.6 is 0 Å². The highest BCUT2D eigenvalue weighted by molar-refractivity contribution is 6.06. The van der Waals surface area contributed by atoms with Crippen molar-refractivity contribution in [1.82, 2.24) is 9.80 Å². The summed E-state index contributed by atoms with van der Waals surface area (Å²) in [6.45, 7) is 3.65. The summed E-state index contributed by atoms with van der Waals surface area (Å²) in [5.74, 6) is 0.0787. The van der Waals surface area contributed by atoms with Gasteiger partial charge in [0.1, 0.15) is 5.82 Å². The molecule has 1 N–H and O–H groups in total. The maximum absolute atomic E-state index is 13.8. The Balaban J connectivity index is 1.23. The van der Waals surface area contributed by atoms with Crippen LogP contribution in [0, 0.1) is 5.82 Å². The molecule has 0 aliphatic carbocycles. The standard InChI is InChI=1S/C32H33FN4O5/c33-24-7-4-6-23(18-24)31(39)37-15-5-14-35(16-17-37)27-10-9-25(20-26(27)32(40)36-12-2-1-3-13-36)34-30(38)22-8-11-28-29(19-22)42-21-41-28/h4,6-11,18-20H,1-3,5,12-17,21H2,(H,34,38). The fourth-order valence-electron chi connectivity index (χ4n) is 5.73. The molecule has 3 aliphatic heterocycles. The van der Waals surface area contributed by atoms with E-state index in [-0.39, 0.29) is 24.5 Å². The molecule has 0 saturated carbocycles. The molecule has 0 unspecified atom stereocenters. The van der Waals surface area contributed by atoms with Crippen LogP contribution in [-0.2, 0) is 0 Å². The third-order valence-corrected chi connectivity index (χ3v) is 7.96. The van der Waals surface area contributed by atoms with Gasteiger partial charge in [-0.2, -0.15) is 0 Å². The Kier molecular flexibility index (Phi) is 7.94. The molecule has 0 spiro atoms. The minimum Gasteiger partial charge on any atom is -0.454 e. The van der Waals surface area contributed by atoms with Gasteiger partial charge >= 0.3 is 0 Å². The van der Waals surface area contributed by atoms with Gasteiger partial charge < -0.3 is 29.5 Å². The molecule has 3 aromatic rings. The van der Waals surface area contributed by atoms with Crippen LogP contribution in [0.2, 0.25) is 0 Å². The van der Waals surface area contributed by atoms with E-state index in [1.54, 1.807) is 41.3 Å². The highest BCUT2D eigenvalue weighted by Crippen LogP contribution is 2.33. The zero-order valence-electron chi connectivity index (χ0n) is 23.3. The predicted octanol–water partition coefficient (Wildman–Crippen LogP) is 4.79. The van der Waals surface area contributed by atoms with Gasteiger partial charge in [0.05, 0.1) is 5.56 Å². The first kappa shape index (κ1) is 27.6. The molecular weight excluding hydrogens is 539 g/mol. The summed E-state index contributed by atoms with van der Waals surface area (Å²) in [5, 5.41) is 2.93. The lowest BCUT2D eigenvalue weighted by Gasteiger charge is -2.30. The van der Waals surface area contributed by atoms with E-state index in [1.165, 1.54) is 18.2 Å². The van der Waals surface area contributed by atoms with Crippen LogP contribution in [0.4, 0.5) is 15.8 Å². The molecule has 3 aromatic carbocycles. The summed E-state index contributed by atoms with van der Waals surface area (Å²) in [6, 6.07) is 16.2. The Morgan fingerprint density at radius 3 is 2.31 bits per heavy atom. The molecule has 3 amide bonds. The van der Waals surface area contributed by atoms with Crippen LogP contribution < -0.4 is 19.7 Å². The molecule has 42 heavy (non-hydrogen) atoms. The lowest BCUT2D eigenvalue weighted by atomic mass is 10.1. The second kappa shape index (κ2) is 12.1. The third-order valence-electron chi connectivity index (χ3n) is 7.96. The number of nitrogens with one attached hydrogen (secondary N) is 1. The first-order valence-electron chi connectivity index (χ1n) is 14.4. The van der Waals surface area contributed by atoms with Crippen LogP contribution in [0.5, 0.6) is 11.5 Å². The Hall–Kier alpha value is -4.60. The van der Waals surface area contributed by atoms with Crippen molar-refractivity contribution in [2.75, 3.05) is 56.3 Å². The summed E-state index contributed by atoms with van der Waals surface area (Å²) in [7, 11) is 0. The Labute approximate surface area is 243 Å². The van der Waals surface area contributed by atoms with Crippen molar-refractivity contribution in [1.29, 1.82) is 0 Å². The summed E-state index contributed by atoms with van der Waals surface area (Å²) >= 11 is 0. The van der Waals surface area contributed by atoms with E-state index in [0.717, 1.165) is 24.9 Å². The fourth-order valence-corrected chi connectivity index (χ4v) is 5.73. The molecule has 218 valence electrons. The van der Waals surface area contributed by atoms with Gasteiger partial charge in [-0.1, -0.05) is 6.07 Å². The van der Waals surface area contributed by atoms with Gasteiger partial charge in [0.15, 0.2) is 11.5 Å². The number of piperidine rings is 1. The van der Waals surface area contributed by atoms with E-state index in [1.807, 2.05) is 11.0 Å². The topological polar surface area (TPSA) is 91.4 Å². The number of benzene rings is 3. The van der Waals surface area contributed by atoms with Crippen LogP contribution in [0.3, 0.4) is 0 Å². The van der Waals surface area contributed by atoms with Gasteiger partial charge in [-0.05, 0) is 80.3 Å². The molecule has 3 aliphatic rings. The number of carbonyl (C=O) groups is 3.